The molecule has 0 saturated heterocycles. The largest absolute Gasteiger partial charge is 0.435 e. The van der Waals surface area contributed by atoms with Crippen LogP contribution in [0.5, 0.6) is 0 Å². The van der Waals surface area contributed by atoms with Gasteiger partial charge >= 0.3 is 36.0 Å². The second-order valence-electron chi connectivity index (χ2n) is 20.5. The number of carbonyl (C=O) groups is 4. The first-order chi connectivity index (χ1) is 35.4. The third-order valence-electron chi connectivity index (χ3n) is 10.8. The van der Waals surface area contributed by atoms with Crippen LogP contribution in [-0.2, 0) is 11.3 Å². The highest BCUT2D eigenvalue weighted by molar-refractivity contribution is 8.01. The Balaban J connectivity index is 0.000000410. The summed E-state index contributed by atoms with van der Waals surface area (Å²) in [6, 6.07) is 10.5. The molecule has 2 atom stereocenters. The van der Waals surface area contributed by atoms with E-state index in [4.69, 9.17) is 23.2 Å². The van der Waals surface area contributed by atoms with Crippen LogP contribution in [0.15, 0.2) is 72.8 Å². The van der Waals surface area contributed by atoms with Crippen LogP contribution in [0.4, 0.5) is 72.8 Å². The van der Waals surface area contributed by atoms with E-state index in [0.717, 1.165) is 36.7 Å². The topological polar surface area (TPSA) is 116 Å². The van der Waals surface area contributed by atoms with Crippen molar-refractivity contribution >= 4 is 97.9 Å². The van der Waals surface area contributed by atoms with Crippen LogP contribution < -0.4 is 21.3 Å². The van der Waals surface area contributed by atoms with Crippen molar-refractivity contribution in [3.8, 4) is 0 Å². The average molecular weight is 1230 g/mol. The SMILES string of the molecule is Cc1cc(C(F)(C(F)(F)F)C(F)(F)F)ccc1NC(=O)c1c(Cl)cccc1C(=O)NC(C)CSC[Si](C)(C)C.Cc1cc(C(F)(C(F)(F)F)C(F)(F)F)ccc1NC(=O)c1cccc(Cl)c1C(=O)NC(C)CSC[Si](C)(C)C. The summed E-state index contributed by atoms with van der Waals surface area (Å²) in [7, 11) is -2.58. The number of thioether (sulfide) groups is 2. The van der Waals surface area contributed by atoms with Crippen molar-refractivity contribution in [3.63, 3.8) is 0 Å². The molecule has 432 valence electrons. The zero-order chi connectivity index (χ0) is 59.9. The third-order valence-corrected chi connectivity index (χ3v) is 21.5. The van der Waals surface area contributed by atoms with Crippen molar-refractivity contribution in [2.45, 2.75) is 115 Å². The van der Waals surface area contributed by atoms with Gasteiger partial charge in [-0.1, -0.05) is 98.9 Å². The first kappa shape index (κ1) is 67.8. The Hall–Kier alpha value is -4.51. The summed E-state index contributed by atoms with van der Waals surface area (Å²) in [5, 5.41) is 12.1. The molecule has 0 aromatic heterocycles. The standard InChI is InChI=1S/2C25H28ClF7N2O2SSi/c1-14-11-16(23(27,24(28,29)30)25(31,32)33)9-10-19(14)35-21(36)17-7-6-8-18(26)20(17)22(37)34-15(2)12-38-13-39(3,4)5;1-14-11-16(23(27,24(28,29)30)25(31,32)33)9-10-19(14)35-22(37)20-17(7-6-8-18(20)26)21(36)34-15(2)12-38-13-39(3,4)5/h6-11,15H,12-13H2,1-5H3,(H,34,37)(H,35,36);6-11,15H,12-13H2,1-5H3,(H,34,36)(H,35,37). The summed E-state index contributed by atoms with van der Waals surface area (Å²) in [5.74, 6) is -1.78. The second-order valence-corrected chi connectivity index (χ2v) is 35.4. The monoisotopic (exact) mass is 1230 g/mol. The molecule has 4 amide bonds. The number of hydrogen-bond acceptors (Lipinski definition) is 6. The number of anilines is 2. The molecule has 4 N–H and O–H groups in total. The van der Waals surface area contributed by atoms with Gasteiger partial charge in [-0.2, -0.15) is 76.2 Å². The summed E-state index contributed by atoms with van der Waals surface area (Å²) in [4.78, 5) is 52.0. The van der Waals surface area contributed by atoms with Gasteiger partial charge in [-0.05, 0) is 86.0 Å². The average Bonchev–Trinajstić information content (AvgIpc) is 3.27. The van der Waals surface area contributed by atoms with Gasteiger partial charge < -0.3 is 21.3 Å². The van der Waals surface area contributed by atoms with Crippen molar-refractivity contribution in [1.82, 2.24) is 10.6 Å². The maximum atomic E-state index is 14.4. The van der Waals surface area contributed by atoms with Gasteiger partial charge in [-0.3, -0.25) is 19.2 Å². The third kappa shape index (κ3) is 17.3. The van der Waals surface area contributed by atoms with E-state index in [0.29, 0.717) is 35.8 Å². The van der Waals surface area contributed by atoms with E-state index in [2.05, 4.69) is 60.5 Å². The number of carbonyl (C=O) groups excluding carboxylic acids is 4. The molecule has 28 heteroatoms. The highest BCUT2D eigenvalue weighted by Crippen LogP contribution is 2.55. The number of alkyl halides is 14. The minimum absolute atomic E-state index is 0.0354. The van der Waals surface area contributed by atoms with Crippen LogP contribution in [0.25, 0.3) is 0 Å². The number of nitrogens with one attached hydrogen (secondary N) is 4. The molecule has 0 bridgehead atoms. The van der Waals surface area contributed by atoms with Gasteiger partial charge in [0.15, 0.2) is 0 Å². The van der Waals surface area contributed by atoms with Crippen molar-refractivity contribution in [2.75, 3.05) is 32.9 Å². The van der Waals surface area contributed by atoms with Gasteiger partial charge in [-0.25, -0.2) is 8.78 Å². The lowest BCUT2D eigenvalue weighted by Gasteiger charge is -2.30. The number of halogens is 16. The second kappa shape index (κ2) is 26.0. The predicted octanol–water partition coefficient (Wildman–Crippen LogP) is 15.8. The molecule has 8 nitrogen and oxygen atoms in total. The zero-order valence-electron chi connectivity index (χ0n) is 43.4. The molecule has 4 rings (SSSR count). The summed E-state index contributed by atoms with van der Waals surface area (Å²) in [6.45, 7) is 19.1. The van der Waals surface area contributed by atoms with Crippen LogP contribution in [-0.4, -0.2) is 98.8 Å². The maximum absolute atomic E-state index is 14.4. The Morgan fingerprint density at radius 2 is 0.808 bits per heavy atom. The lowest BCUT2D eigenvalue weighted by molar-refractivity contribution is -0.349. The lowest BCUT2D eigenvalue weighted by atomic mass is 9.92. The molecular weight excluding hydrogens is 1180 g/mol. The molecule has 4 aromatic rings. The molecule has 0 aliphatic rings. The number of benzene rings is 4. The summed E-state index contributed by atoms with van der Waals surface area (Å²) >= 11 is 15.8. The van der Waals surface area contributed by atoms with E-state index in [1.165, 1.54) is 36.4 Å². The Bertz CT molecular complexity index is 2780. The minimum Gasteiger partial charge on any atom is -0.349 e. The van der Waals surface area contributed by atoms with Crippen LogP contribution in [0.3, 0.4) is 0 Å². The molecule has 0 heterocycles. The molecule has 4 aromatic carbocycles. The van der Waals surface area contributed by atoms with Crippen molar-refractivity contribution in [1.29, 1.82) is 0 Å². The minimum atomic E-state index is -6.27. The molecule has 0 radical (unpaired) electrons. The molecule has 0 fully saturated rings. The smallest absolute Gasteiger partial charge is 0.349 e. The molecule has 2 unspecified atom stereocenters. The Kier molecular flexibility index (Phi) is 22.5. The van der Waals surface area contributed by atoms with E-state index in [1.54, 1.807) is 37.4 Å². The fraction of sp³-hybridized carbons (Fsp3) is 0.440. The van der Waals surface area contributed by atoms with Crippen LogP contribution in [0, 0.1) is 13.8 Å². The van der Waals surface area contributed by atoms with Crippen molar-refractivity contribution in [3.05, 3.63) is 127 Å². The number of rotatable bonds is 18. The highest BCUT2D eigenvalue weighted by Gasteiger charge is 2.74. The maximum Gasteiger partial charge on any atom is 0.435 e. The molecule has 0 aliphatic heterocycles. The van der Waals surface area contributed by atoms with E-state index in [-0.39, 0.29) is 66.9 Å². The van der Waals surface area contributed by atoms with E-state index < -0.39 is 86.9 Å². The lowest BCUT2D eigenvalue weighted by Crippen LogP contribution is -2.50. The first-order valence-electron chi connectivity index (χ1n) is 23.2. The van der Waals surface area contributed by atoms with Crippen molar-refractivity contribution in [2.24, 2.45) is 0 Å². The van der Waals surface area contributed by atoms with Gasteiger partial charge in [0, 0.05) is 46.1 Å². The fourth-order valence-electron chi connectivity index (χ4n) is 7.04. The van der Waals surface area contributed by atoms with Crippen LogP contribution >= 0.6 is 46.7 Å². The van der Waals surface area contributed by atoms with E-state index >= 15 is 0 Å². The van der Waals surface area contributed by atoms with Gasteiger partial charge in [0.25, 0.3) is 23.6 Å². The molecule has 78 heavy (non-hydrogen) atoms. The van der Waals surface area contributed by atoms with Gasteiger partial charge in [-0.15, -0.1) is 0 Å². The number of aryl methyl sites for hydroxylation is 2. The van der Waals surface area contributed by atoms with Gasteiger partial charge in [0.1, 0.15) is 0 Å². The molecule has 0 saturated carbocycles. The Morgan fingerprint density at radius 3 is 1.14 bits per heavy atom. The predicted molar refractivity (Wildman–Crippen MR) is 286 cm³/mol. The molecule has 0 spiro atoms. The van der Waals surface area contributed by atoms with Crippen molar-refractivity contribution < 1.29 is 80.6 Å². The van der Waals surface area contributed by atoms with Gasteiger partial charge in [0.2, 0.25) is 0 Å². The zero-order valence-corrected chi connectivity index (χ0v) is 48.6. The van der Waals surface area contributed by atoms with E-state index in [1.807, 2.05) is 0 Å². The molecule has 0 aliphatic carbocycles. The summed E-state index contributed by atoms with van der Waals surface area (Å²) in [6.07, 6.45) is -25.1. The van der Waals surface area contributed by atoms with Crippen LogP contribution in [0.1, 0.15) is 77.5 Å². The fourth-order valence-corrected chi connectivity index (χ4v) is 14.3. The summed E-state index contributed by atoms with van der Waals surface area (Å²) in [5.41, 5.74) is -16.1. The molecular formula is C50H56Cl2F14N4O4S2Si2. The van der Waals surface area contributed by atoms with Gasteiger partial charge in [0.05, 0.1) is 48.4 Å². The quantitative estimate of drug-likeness (QED) is 0.0583. The first-order valence-corrected chi connectivity index (χ1v) is 33.7. The normalized spacial score (nSPS) is 13.7. The van der Waals surface area contributed by atoms with Crippen LogP contribution in [0.2, 0.25) is 49.3 Å². The number of hydrogen-bond donors (Lipinski definition) is 4. The highest BCUT2D eigenvalue weighted by atomic mass is 35.5. The number of amides is 4. The Labute approximate surface area is 462 Å². The van der Waals surface area contributed by atoms with E-state index in [9.17, 15) is 80.6 Å². The summed E-state index contributed by atoms with van der Waals surface area (Å²) < 4.78 is 186. The Morgan fingerprint density at radius 1 is 0.487 bits per heavy atom.